The highest BCUT2D eigenvalue weighted by atomic mass is 32.2. The molecule has 260 valence electrons. The first-order valence-electron chi connectivity index (χ1n) is 17.8. The summed E-state index contributed by atoms with van der Waals surface area (Å²) in [5, 5.41) is 15.5. The molecule has 10 rings (SSSR count). The molecule has 6 heterocycles. The van der Waals surface area contributed by atoms with Crippen molar-refractivity contribution in [3.8, 4) is 33.8 Å². The van der Waals surface area contributed by atoms with Crippen LogP contribution in [0.3, 0.4) is 0 Å². The molecule has 0 N–H and O–H groups in total. The molecule has 52 heavy (non-hydrogen) atoms. The topological polar surface area (TPSA) is 53.5 Å². The molecule has 7 aromatic rings. The molecule has 4 aromatic carbocycles. The average molecular weight is 737 g/mol. The van der Waals surface area contributed by atoms with E-state index in [0.29, 0.717) is 0 Å². The third-order valence-corrected chi connectivity index (χ3v) is 13.6. The van der Waals surface area contributed by atoms with Gasteiger partial charge in [0.1, 0.15) is 0 Å². The van der Waals surface area contributed by atoms with E-state index in [9.17, 15) is 0 Å². The van der Waals surface area contributed by atoms with E-state index in [1.54, 1.807) is 0 Å². The smallest absolute Gasteiger partial charge is 0.227 e. The second-order valence-corrected chi connectivity index (χ2v) is 16.7. The first kappa shape index (κ1) is 33.4. The Hall–Kier alpha value is -4.44. The molecule has 6 nitrogen and oxygen atoms in total. The number of hydrogen-bond donors (Lipinski definition) is 0. The number of aromatic nitrogens is 6. The van der Waals surface area contributed by atoms with Gasteiger partial charge in [0.15, 0.2) is 0 Å². The predicted molar refractivity (Wildman–Crippen MR) is 218 cm³/mol. The van der Waals surface area contributed by atoms with Gasteiger partial charge in [0.2, 0.25) is 6.29 Å². The van der Waals surface area contributed by atoms with Crippen molar-refractivity contribution in [1.82, 2.24) is 29.3 Å². The van der Waals surface area contributed by atoms with Gasteiger partial charge >= 0.3 is 0 Å². The molecule has 3 aliphatic rings. The van der Waals surface area contributed by atoms with E-state index in [0.717, 1.165) is 68.3 Å². The molecule has 0 radical (unpaired) electrons. The Kier molecular flexibility index (Phi) is 9.11. The highest BCUT2D eigenvalue weighted by Crippen LogP contribution is 2.37. The van der Waals surface area contributed by atoms with Crippen LogP contribution in [0.5, 0.6) is 0 Å². The fourth-order valence-electron chi connectivity index (χ4n) is 7.54. The van der Waals surface area contributed by atoms with Gasteiger partial charge in [-0.1, -0.05) is 54.6 Å². The molecule has 3 aliphatic heterocycles. The van der Waals surface area contributed by atoms with Crippen LogP contribution >= 0.6 is 35.3 Å². The number of nitrogens with zero attached hydrogens (tertiary/aromatic N) is 6. The summed E-state index contributed by atoms with van der Waals surface area (Å²) < 4.78 is 5.92. The maximum Gasteiger partial charge on any atom is 0.238 e. The standard InChI is InChI=1S/C43H40N6S3/c1-28-37-25-50-22-31-7-4-10-34(19-31)40-13-16-47(44-40)43-48-17-14-41(45-48)35-11-5-8-32(20-35)23-51-26-38(28)30(3)39(29(37)2)27-52-24-33-9-6-12-36(21-33)42-15-18-49(43)46-42/h4-21,43H,22-27H2,1-3H3. The summed E-state index contributed by atoms with van der Waals surface area (Å²) in [5.74, 6) is 5.81. The van der Waals surface area contributed by atoms with Gasteiger partial charge in [-0.3, -0.25) is 0 Å². The maximum atomic E-state index is 5.17. The van der Waals surface area contributed by atoms with Crippen LogP contribution in [0.25, 0.3) is 33.8 Å². The molecule has 9 heteroatoms. The van der Waals surface area contributed by atoms with Crippen LogP contribution in [0.2, 0.25) is 0 Å². The lowest BCUT2D eigenvalue weighted by Crippen LogP contribution is -2.27. The second-order valence-electron chi connectivity index (χ2n) is 13.8. The SMILES string of the molecule is Cc1c2c(C)c3c(C)c1CSCc1cccc(c1)-c1ccn(n1)C(n1ccc(n1)-c1cccc(c1)CSC2)n1ccc(n1)-c1cccc(c1)CSC3. The summed E-state index contributed by atoms with van der Waals surface area (Å²) >= 11 is 6.03. The number of hydrogen-bond acceptors (Lipinski definition) is 6. The van der Waals surface area contributed by atoms with Gasteiger partial charge < -0.3 is 0 Å². The maximum absolute atomic E-state index is 5.17. The number of fused-ring (bicyclic) bond motifs is 6. The van der Waals surface area contributed by atoms with Crippen LogP contribution in [0.4, 0.5) is 0 Å². The monoisotopic (exact) mass is 736 g/mol. The number of benzene rings is 4. The van der Waals surface area contributed by atoms with Crippen LogP contribution in [0, 0.1) is 20.8 Å². The van der Waals surface area contributed by atoms with E-state index in [2.05, 4.69) is 112 Å². The van der Waals surface area contributed by atoms with E-state index in [1.807, 2.05) is 67.9 Å². The minimum Gasteiger partial charge on any atom is -0.227 e. The summed E-state index contributed by atoms with van der Waals surface area (Å²) in [6.45, 7) is 7.08. The lowest BCUT2D eigenvalue weighted by Gasteiger charge is -2.23. The highest BCUT2D eigenvalue weighted by Gasteiger charge is 2.22. The van der Waals surface area contributed by atoms with Gasteiger partial charge in [-0.15, -0.1) is 0 Å². The molecule has 0 aliphatic carbocycles. The van der Waals surface area contributed by atoms with Gasteiger partial charge in [-0.2, -0.15) is 50.6 Å². The van der Waals surface area contributed by atoms with Crippen molar-refractivity contribution >= 4 is 35.3 Å². The molecule has 0 saturated carbocycles. The van der Waals surface area contributed by atoms with Crippen LogP contribution in [-0.4, -0.2) is 29.3 Å². The fraction of sp³-hybridized carbons (Fsp3) is 0.233. The molecule has 16 bridgehead atoms. The van der Waals surface area contributed by atoms with Crippen molar-refractivity contribution in [2.45, 2.75) is 61.6 Å². The zero-order valence-corrected chi connectivity index (χ0v) is 32.1. The Labute approximate surface area is 318 Å². The largest absolute Gasteiger partial charge is 0.238 e. The average Bonchev–Trinajstić information content (AvgIpc) is 3.96. The van der Waals surface area contributed by atoms with Crippen molar-refractivity contribution in [2.24, 2.45) is 0 Å². The summed E-state index contributed by atoms with van der Waals surface area (Å²) in [6.07, 6.45) is 5.70. The van der Waals surface area contributed by atoms with Crippen LogP contribution in [0.1, 0.15) is 56.4 Å². The van der Waals surface area contributed by atoms with Crippen LogP contribution < -0.4 is 0 Å². The zero-order valence-electron chi connectivity index (χ0n) is 29.6. The minimum absolute atomic E-state index is 0.434. The molecule has 0 saturated heterocycles. The Morgan fingerprint density at radius 3 is 1.10 bits per heavy atom. The molecule has 0 unspecified atom stereocenters. The van der Waals surface area contributed by atoms with Crippen molar-refractivity contribution in [3.63, 3.8) is 0 Å². The number of rotatable bonds is 0. The van der Waals surface area contributed by atoms with E-state index < -0.39 is 6.29 Å². The summed E-state index contributed by atoms with van der Waals surface area (Å²) in [7, 11) is 0. The molecule has 0 fully saturated rings. The van der Waals surface area contributed by atoms with Crippen LogP contribution in [0.15, 0.2) is 110 Å². The highest BCUT2D eigenvalue weighted by molar-refractivity contribution is 7.98. The van der Waals surface area contributed by atoms with Gasteiger partial charge in [0.05, 0.1) is 17.1 Å². The Bertz CT molecular complexity index is 2130. The molecular formula is C43H40N6S3. The first-order valence-corrected chi connectivity index (χ1v) is 21.2. The van der Waals surface area contributed by atoms with Crippen molar-refractivity contribution < 1.29 is 0 Å². The molecule has 0 atom stereocenters. The molecule has 0 amide bonds. The number of thioether (sulfide) groups is 3. The Balaban J connectivity index is 1.25. The predicted octanol–water partition coefficient (Wildman–Crippen LogP) is 10.7. The lowest BCUT2D eigenvalue weighted by molar-refractivity contribution is 0.286. The van der Waals surface area contributed by atoms with E-state index in [1.165, 1.54) is 50.1 Å². The van der Waals surface area contributed by atoms with E-state index in [-0.39, 0.29) is 0 Å². The zero-order chi connectivity index (χ0) is 35.2. The van der Waals surface area contributed by atoms with Crippen molar-refractivity contribution in [2.75, 3.05) is 0 Å². The van der Waals surface area contributed by atoms with Gasteiger partial charge in [0, 0.05) is 69.8 Å². The van der Waals surface area contributed by atoms with Crippen molar-refractivity contribution in [1.29, 1.82) is 0 Å². The summed E-state index contributed by atoms with van der Waals surface area (Å²) in [4.78, 5) is 0. The van der Waals surface area contributed by atoms with E-state index in [4.69, 9.17) is 15.3 Å². The fourth-order valence-corrected chi connectivity index (χ4v) is 11.0. The Morgan fingerprint density at radius 2 is 0.769 bits per heavy atom. The summed E-state index contributed by atoms with van der Waals surface area (Å²) in [5.41, 5.74) is 18.9. The van der Waals surface area contributed by atoms with Gasteiger partial charge in [-0.05, 0) is 107 Å². The Morgan fingerprint density at radius 1 is 0.442 bits per heavy atom. The molecule has 0 spiro atoms. The van der Waals surface area contributed by atoms with Crippen molar-refractivity contribution in [3.05, 3.63) is 160 Å². The lowest BCUT2D eigenvalue weighted by atomic mass is 9.90. The quantitative estimate of drug-likeness (QED) is 0.155. The first-order chi connectivity index (χ1) is 25.5. The second kappa shape index (κ2) is 14.2. The third-order valence-electron chi connectivity index (χ3n) is 10.5. The van der Waals surface area contributed by atoms with Gasteiger partial charge in [-0.25, -0.2) is 14.0 Å². The molecule has 3 aromatic heterocycles. The summed E-state index contributed by atoms with van der Waals surface area (Å²) in [6, 6.07) is 32.9. The minimum atomic E-state index is -0.434. The van der Waals surface area contributed by atoms with Crippen LogP contribution in [-0.2, 0) is 34.5 Å². The molecular weight excluding hydrogens is 697 g/mol. The normalized spacial score (nSPS) is 14.8. The third kappa shape index (κ3) is 6.44. The van der Waals surface area contributed by atoms with E-state index >= 15 is 0 Å². The van der Waals surface area contributed by atoms with Gasteiger partial charge in [0.25, 0.3) is 0 Å².